The number of ether oxygens (including phenoxy) is 1. The van der Waals surface area contributed by atoms with Crippen LogP contribution in [0, 0.1) is 0 Å². The molecule has 0 bridgehead atoms. The lowest BCUT2D eigenvalue weighted by Crippen LogP contribution is -2.21. The average Bonchev–Trinajstić information content (AvgIpc) is 2.87. The first kappa shape index (κ1) is 9.96. The van der Waals surface area contributed by atoms with Crippen molar-refractivity contribution in [3.8, 4) is 0 Å². The van der Waals surface area contributed by atoms with E-state index in [1.807, 2.05) is 30.3 Å². The normalized spacial score (nSPS) is 15.7. The van der Waals surface area contributed by atoms with Gasteiger partial charge in [0.05, 0.1) is 6.61 Å². The molecular formula is C13H10N2O2. The van der Waals surface area contributed by atoms with E-state index in [1.54, 1.807) is 6.92 Å². The van der Waals surface area contributed by atoms with E-state index in [9.17, 15) is 4.79 Å². The number of benzene rings is 1. The zero-order valence-corrected chi connectivity index (χ0v) is 9.30. The fourth-order valence-corrected chi connectivity index (χ4v) is 2.00. The number of nitrogens with zero attached hydrogens (tertiary/aromatic N) is 2. The molecule has 1 aliphatic heterocycles. The summed E-state index contributed by atoms with van der Waals surface area (Å²) in [5.41, 5.74) is 1.84. The number of carbonyl (C=O) groups excluding carboxylic acids is 1. The van der Waals surface area contributed by atoms with E-state index in [0.29, 0.717) is 12.3 Å². The molecule has 4 nitrogen and oxygen atoms in total. The predicted octanol–water partition coefficient (Wildman–Crippen LogP) is 0.872. The lowest BCUT2D eigenvalue weighted by atomic mass is 10.2. The van der Waals surface area contributed by atoms with Crippen molar-refractivity contribution in [1.82, 2.24) is 0 Å². The Morgan fingerprint density at radius 3 is 2.94 bits per heavy atom. The van der Waals surface area contributed by atoms with E-state index in [2.05, 4.69) is 10.2 Å². The summed E-state index contributed by atoms with van der Waals surface area (Å²) in [5.74, 6) is -0.412. The molecule has 17 heavy (non-hydrogen) atoms. The Kier molecular flexibility index (Phi) is 2.14. The van der Waals surface area contributed by atoms with Gasteiger partial charge in [-0.05, 0) is 18.2 Å². The molecule has 84 valence electrons. The number of hydrogen-bond acceptors (Lipinski definition) is 4. The number of carbonyl (C=O) groups is 1. The van der Waals surface area contributed by atoms with Gasteiger partial charge < -0.3 is 4.74 Å². The first-order chi connectivity index (χ1) is 8.31. The highest BCUT2D eigenvalue weighted by atomic mass is 16.5. The molecule has 0 N–H and O–H groups in total. The quantitative estimate of drug-likeness (QED) is 0.703. The van der Waals surface area contributed by atoms with Gasteiger partial charge in [-0.2, -0.15) is 0 Å². The smallest absolute Gasteiger partial charge is 0.359 e. The van der Waals surface area contributed by atoms with E-state index in [1.165, 1.54) is 0 Å². The third kappa shape index (κ3) is 1.41. The molecule has 0 atom stereocenters. The van der Waals surface area contributed by atoms with Gasteiger partial charge in [-0.15, -0.1) is 10.2 Å². The summed E-state index contributed by atoms with van der Waals surface area (Å²) in [6, 6.07) is 7.87. The van der Waals surface area contributed by atoms with Crippen LogP contribution in [0.25, 0.3) is 11.8 Å². The second-order valence-electron chi connectivity index (χ2n) is 3.76. The first-order valence-electron chi connectivity index (χ1n) is 5.46. The minimum Gasteiger partial charge on any atom is -0.461 e. The second kappa shape index (κ2) is 3.66. The van der Waals surface area contributed by atoms with Crippen LogP contribution in [0.3, 0.4) is 0 Å². The van der Waals surface area contributed by atoms with Gasteiger partial charge in [0.1, 0.15) is 5.70 Å². The van der Waals surface area contributed by atoms with Crippen LogP contribution in [0.1, 0.15) is 6.92 Å². The highest BCUT2D eigenvalue weighted by Crippen LogP contribution is 2.29. The molecule has 0 radical (unpaired) electrons. The van der Waals surface area contributed by atoms with E-state index in [4.69, 9.17) is 4.74 Å². The third-order valence-electron chi connectivity index (χ3n) is 2.74. The summed E-state index contributed by atoms with van der Waals surface area (Å²) in [4.78, 5) is 11.7. The molecule has 1 aliphatic carbocycles. The molecule has 0 amide bonds. The lowest BCUT2D eigenvalue weighted by molar-refractivity contribution is -0.138. The zero-order valence-electron chi connectivity index (χ0n) is 9.30. The van der Waals surface area contributed by atoms with Crippen LogP contribution in [0.2, 0.25) is 0 Å². The zero-order chi connectivity index (χ0) is 11.8. The van der Waals surface area contributed by atoms with Crippen LogP contribution in [0.5, 0.6) is 0 Å². The van der Waals surface area contributed by atoms with Crippen molar-refractivity contribution in [2.45, 2.75) is 6.92 Å². The number of fused-ring (bicyclic) bond motifs is 2. The van der Waals surface area contributed by atoms with Crippen LogP contribution in [-0.2, 0) is 9.53 Å². The van der Waals surface area contributed by atoms with Gasteiger partial charge in [0.25, 0.3) is 0 Å². The Bertz CT molecular complexity index is 684. The Morgan fingerprint density at radius 1 is 1.29 bits per heavy atom. The molecule has 0 spiro atoms. The summed E-state index contributed by atoms with van der Waals surface area (Å²) in [6.45, 7) is 2.11. The molecule has 1 heterocycles. The fourth-order valence-electron chi connectivity index (χ4n) is 2.00. The van der Waals surface area contributed by atoms with Gasteiger partial charge in [-0.1, -0.05) is 24.3 Å². The van der Waals surface area contributed by atoms with Gasteiger partial charge in [0.15, 0.2) is 5.70 Å². The monoisotopic (exact) mass is 226 g/mol. The average molecular weight is 226 g/mol. The van der Waals surface area contributed by atoms with Crippen molar-refractivity contribution in [3.05, 3.63) is 46.0 Å². The van der Waals surface area contributed by atoms with E-state index in [0.717, 1.165) is 21.7 Å². The van der Waals surface area contributed by atoms with Crippen LogP contribution in [-0.4, -0.2) is 12.6 Å². The van der Waals surface area contributed by atoms with E-state index < -0.39 is 5.97 Å². The van der Waals surface area contributed by atoms with E-state index in [-0.39, 0.29) is 0 Å². The van der Waals surface area contributed by atoms with Crippen molar-refractivity contribution in [1.29, 1.82) is 0 Å². The number of rotatable bonds is 2. The standard InChI is InChI=1S/C13H10N2O2/c1-2-17-13(16)12-10-7-8-5-3-4-6-9(8)11(10)14-15-12/h3-7H,2H2,1H3. The minimum atomic E-state index is -0.412. The SMILES string of the molecule is CCOC(=O)C1=C2C=c3ccccc3=C2N=N1. The summed E-state index contributed by atoms with van der Waals surface area (Å²) in [5, 5.41) is 10.0. The second-order valence-corrected chi connectivity index (χ2v) is 3.76. The van der Waals surface area contributed by atoms with Gasteiger partial charge in [-0.3, -0.25) is 0 Å². The van der Waals surface area contributed by atoms with Gasteiger partial charge in [0.2, 0.25) is 0 Å². The molecule has 2 aliphatic rings. The molecular weight excluding hydrogens is 216 g/mol. The Hall–Kier alpha value is -2.23. The molecule has 1 aromatic carbocycles. The van der Waals surface area contributed by atoms with Crippen LogP contribution in [0.4, 0.5) is 0 Å². The third-order valence-corrected chi connectivity index (χ3v) is 2.74. The highest BCUT2D eigenvalue weighted by Gasteiger charge is 2.26. The van der Waals surface area contributed by atoms with Crippen molar-refractivity contribution in [2.75, 3.05) is 6.61 Å². The van der Waals surface area contributed by atoms with Crippen molar-refractivity contribution in [3.63, 3.8) is 0 Å². The highest BCUT2D eigenvalue weighted by molar-refractivity contribution is 5.99. The Morgan fingerprint density at radius 2 is 2.12 bits per heavy atom. The maximum Gasteiger partial charge on any atom is 0.359 e. The van der Waals surface area contributed by atoms with Crippen LogP contribution < -0.4 is 10.4 Å². The van der Waals surface area contributed by atoms with Crippen molar-refractivity contribution in [2.24, 2.45) is 10.2 Å². The molecule has 0 saturated carbocycles. The molecule has 0 unspecified atom stereocenters. The number of esters is 1. The lowest BCUT2D eigenvalue weighted by Gasteiger charge is -1.98. The predicted molar refractivity (Wildman–Crippen MR) is 62.1 cm³/mol. The summed E-state index contributed by atoms with van der Waals surface area (Å²) in [6.07, 6.45) is 1.93. The minimum absolute atomic E-state index is 0.304. The molecule has 0 saturated heterocycles. The molecule has 4 heteroatoms. The number of azo groups is 1. The Labute approximate surface area is 97.6 Å². The largest absolute Gasteiger partial charge is 0.461 e. The summed E-state index contributed by atoms with van der Waals surface area (Å²) < 4.78 is 4.95. The van der Waals surface area contributed by atoms with Crippen LogP contribution >= 0.6 is 0 Å². The maximum absolute atomic E-state index is 11.7. The summed E-state index contributed by atoms with van der Waals surface area (Å²) >= 11 is 0. The maximum atomic E-state index is 11.7. The Balaban J connectivity index is 2.19. The van der Waals surface area contributed by atoms with Gasteiger partial charge in [-0.25, -0.2) is 4.79 Å². The molecule has 0 aromatic heterocycles. The molecule has 1 aromatic rings. The fraction of sp³-hybridized carbons (Fsp3) is 0.154. The van der Waals surface area contributed by atoms with Crippen LogP contribution in [0.15, 0.2) is 45.8 Å². The first-order valence-corrected chi connectivity index (χ1v) is 5.46. The van der Waals surface area contributed by atoms with Crippen molar-refractivity contribution < 1.29 is 9.53 Å². The number of hydrogen-bond donors (Lipinski definition) is 0. The van der Waals surface area contributed by atoms with E-state index >= 15 is 0 Å². The van der Waals surface area contributed by atoms with Gasteiger partial charge in [0, 0.05) is 10.8 Å². The summed E-state index contributed by atoms with van der Waals surface area (Å²) in [7, 11) is 0. The molecule has 0 fully saturated rings. The molecule has 3 rings (SSSR count). The van der Waals surface area contributed by atoms with Gasteiger partial charge >= 0.3 is 5.97 Å². The van der Waals surface area contributed by atoms with Crippen molar-refractivity contribution >= 4 is 17.7 Å². The topological polar surface area (TPSA) is 51.0 Å².